The lowest BCUT2D eigenvalue weighted by atomic mass is 9.93. The number of aliphatic hydroxyl groups excluding tert-OH is 1. The fourth-order valence-electron chi connectivity index (χ4n) is 7.64. The van der Waals surface area contributed by atoms with Gasteiger partial charge < -0.3 is 40.4 Å². The number of hydrogen-bond acceptors (Lipinski definition) is 8. The number of nitrogens with one attached hydrogen (secondary N) is 4. The number of likely N-dealkylation sites (N-methyl/N-ethyl adjacent to an activating group) is 1. The molecule has 1 aliphatic carbocycles. The Balaban J connectivity index is 1.04. The lowest BCUT2D eigenvalue weighted by Gasteiger charge is -2.22. The van der Waals surface area contributed by atoms with Gasteiger partial charge >= 0.3 is 6.09 Å². The van der Waals surface area contributed by atoms with Gasteiger partial charge in [0, 0.05) is 73.3 Å². The molecule has 0 spiro atoms. The van der Waals surface area contributed by atoms with Crippen LogP contribution in [-0.4, -0.2) is 96.7 Å². The average Bonchev–Trinajstić information content (AvgIpc) is 3.82. The molecule has 14 heteroatoms. The number of halogens is 1. The van der Waals surface area contributed by atoms with Crippen LogP contribution in [0.3, 0.4) is 0 Å². The van der Waals surface area contributed by atoms with E-state index in [0.717, 1.165) is 22.3 Å². The van der Waals surface area contributed by atoms with Crippen LogP contribution >= 0.6 is 0 Å². The number of ether oxygens (including phenoxy) is 2. The quantitative estimate of drug-likeness (QED) is 0.0453. The number of aromatic nitrogens is 1. The summed E-state index contributed by atoms with van der Waals surface area (Å²) in [5.41, 5.74) is 7.56. The zero-order chi connectivity index (χ0) is 42.2. The number of ketones is 1. The predicted octanol–water partition coefficient (Wildman–Crippen LogP) is 6.13. The first-order valence-electron chi connectivity index (χ1n) is 19.9. The van der Waals surface area contributed by atoms with Crippen molar-refractivity contribution in [2.75, 3.05) is 51.3 Å². The van der Waals surface area contributed by atoms with Crippen LogP contribution in [0, 0.1) is 19.7 Å². The smallest absolute Gasteiger partial charge is 0.409 e. The van der Waals surface area contributed by atoms with Crippen molar-refractivity contribution < 1.29 is 42.9 Å². The van der Waals surface area contributed by atoms with Gasteiger partial charge in [-0.25, -0.2) is 9.18 Å². The van der Waals surface area contributed by atoms with E-state index in [1.54, 1.807) is 32.9 Å². The summed E-state index contributed by atoms with van der Waals surface area (Å²) in [5, 5.41) is 17.4. The molecule has 2 atom stereocenters. The van der Waals surface area contributed by atoms with E-state index < -0.39 is 11.9 Å². The molecule has 0 fully saturated rings. The van der Waals surface area contributed by atoms with Gasteiger partial charge in [-0.15, -0.1) is 0 Å². The van der Waals surface area contributed by atoms with Crippen molar-refractivity contribution in [3.05, 3.63) is 111 Å². The standard InChI is InChI=1S/C45H50FN5O8/c1-5-51(20-19-48-44(56)41-27(3)38(49-28(41)4)23-35-34-22-29(46)15-16-37(34)50-43(35)55)45(57)59-24-36-30-10-6-7-11-31(30)42-32(36)12-8-13-33(42)39(53)14-9-18-47-40(54)25-58-26(2)17-21-52/h6-8,10-13,15-16,22-23,26,36,49,52H,5,9,14,17-21,24-25H2,1-4H3,(H,47,54)(H,48,56)(H,50,55)/b35-23-. The van der Waals surface area contributed by atoms with Crippen LogP contribution in [0.25, 0.3) is 22.8 Å². The normalized spacial score (nSPS) is 14.9. The molecule has 3 aromatic carbocycles. The van der Waals surface area contributed by atoms with Gasteiger partial charge in [0.1, 0.15) is 19.0 Å². The molecule has 2 aliphatic rings. The van der Waals surface area contributed by atoms with Crippen molar-refractivity contribution in [2.45, 2.75) is 59.0 Å². The first-order chi connectivity index (χ1) is 28.4. The zero-order valence-electron chi connectivity index (χ0n) is 33.7. The molecule has 2 heterocycles. The fourth-order valence-corrected chi connectivity index (χ4v) is 7.64. The summed E-state index contributed by atoms with van der Waals surface area (Å²) in [7, 11) is 0. The van der Waals surface area contributed by atoms with Gasteiger partial charge in [0.25, 0.3) is 11.8 Å². The molecule has 13 nitrogen and oxygen atoms in total. The number of H-pyrrole nitrogens is 1. The van der Waals surface area contributed by atoms with Crippen molar-refractivity contribution in [1.82, 2.24) is 20.5 Å². The Hall–Kier alpha value is -6.12. The van der Waals surface area contributed by atoms with Crippen LogP contribution in [0.4, 0.5) is 14.9 Å². The summed E-state index contributed by atoms with van der Waals surface area (Å²) in [6.45, 7) is 8.04. The van der Waals surface area contributed by atoms with Crippen molar-refractivity contribution >= 4 is 46.9 Å². The number of nitrogens with zero attached hydrogens (tertiary/aromatic N) is 1. The molecule has 310 valence electrons. The summed E-state index contributed by atoms with van der Waals surface area (Å²) < 4.78 is 25.3. The molecule has 6 rings (SSSR count). The number of carbonyl (C=O) groups is 5. The predicted molar refractivity (Wildman–Crippen MR) is 222 cm³/mol. The molecule has 0 saturated heterocycles. The fraction of sp³-hybridized carbons (Fsp3) is 0.356. The summed E-state index contributed by atoms with van der Waals surface area (Å²) in [5.74, 6) is -1.81. The van der Waals surface area contributed by atoms with E-state index in [1.165, 1.54) is 23.1 Å². The number of anilines is 1. The van der Waals surface area contributed by atoms with E-state index in [-0.39, 0.29) is 80.4 Å². The highest BCUT2D eigenvalue weighted by molar-refractivity contribution is 6.35. The number of Topliss-reactive ketones (excluding diaryl/α,β-unsaturated/α-hetero) is 1. The Morgan fingerprint density at radius 1 is 1.00 bits per heavy atom. The van der Waals surface area contributed by atoms with Crippen molar-refractivity contribution in [2.24, 2.45) is 0 Å². The van der Waals surface area contributed by atoms with Crippen molar-refractivity contribution in [1.29, 1.82) is 0 Å². The number of hydrogen-bond donors (Lipinski definition) is 5. The first-order valence-corrected chi connectivity index (χ1v) is 19.9. The molecular weight excluding hydrogens is 758 g/mol. The highest BCUT2D eigenvalue weighted by Crippen LogP contribution is 2.47. The van der Waals surface area contributed by atoms with Crippen LogP contribution in [0.2, 0.25) is 0 Å². The Morgan fingerprint density at radius 3 is 2.56 bits per heavy atom. The molecule has 2 unspecified atom stereocenters. The molecule has 1 aromatic heterocycles. The lowest BCUT2D eigenvalue weighted by molar-refractivity contribution is -0.127. The summed E-state index contributed by atoms with van der Waals surface area (Å²) in [6, 6.07) is 17.4. The van der Waals surface area contributed by atoms with Crippen molar-refractivity contribution in [3.63, 3.8) is 0 Å². The Labute approximate surface area is 342 Å². The van der Waals surface area contributed by atoms with E-state index in [4.69, 9.17) is 14.6 Å². The SMILES string of the molecule is CCN(CCNC(=O)c1c(C)[nH]c(/C=C2\C(=O)Nc3ccc(F)cc32)c1C)C(=O)OCC1c2ccccc2-c2c(C(=O)CCCNC(=O)COC(C)CCO)cccc21. The summed E-state index contributed by atoms with van der Waals surface area (Å²) in [6.07, 6.45) is 1.95. The Morgan fingerprint density at radius 2 is 1.78 bits per heavy atom. The third-order valence-corrected chi connectivity index (χ3v) is 10.8. The van der Waals surface area contributed by atoms with Crippen LogP contribution in [0.1, 0.15) is 93.4 Å². The van der Waals surface area contributed by atoms with Gasteiger partial charge in [-0.05, 0) is 92.6 Å². The lowest BCUT2D eigenvalue weighted by Crippen LogP contribution is -2.39. The van der Waals surface area contributed by atoms with Gasteiger partial charge in [-0.2, -0.15) is 0 Å². The number of carbonyl (C=O) groups excluding carboxylic acids is 5. The summed E-state index contributed by atoms with van der Waals surface area (Å²) in [4.78, 5) is 69.8. The molecule has 5 N–H and O–H groups in total. The second kappa shape index (κ2) is 19.1. The molecule has 4 amide bonds. The molecule has 0 saturated carbocycles. The van der Waals surface area contributed by atoms with E-state index in [9.17, 15) is 28.4 Å². The maximum absolute atomic E-state index is 14.0. The molecule has 4 aromatic rings. The highest BCUT2D eigenvalue weighted by Gasteiger charge is 2.33. The van der Waals surface area contributed by atoms with Gasteiger partial charge in [-0.3, -0.25) is 19.2 Å². The number of amides is 4. The van der Waals surface area contributed by atoms with Crippen LogP contribution in [0.5, 0.6) is 0 Å². The molecule has 59 heavy (non-hydrogen) atoms. The Bertz CT molecular complexity index is 2280. The van der Waals surface area contributed by atoms with Gasteiger partial charge in [0.15, 0.2) is 5.78 Å². The van der Waals surface area contributed by atoms with E-state index in [1.807, 2.05) is 43.3 Å². The number of benzene rings is 3. The Kier molecular flexibility index (Phi) is 13.7. The second-order valence-corrected chi connectivity index (χ2v) is 14.7. The van der Waals surface area contributed by atoms with E-state index in [2.05, 4.69) is 20.9 Å². The van der Waals surface area contributed by atoms with Crippen LogP contribution in [0.15, 0.2) is 60.7 Å². The number of aliphatic hydroxyl groups is 1. The first kappa shape index (κ1) is 42.5. The van der Waals surface area contributed by atoms with E-state index >= 15 is 0 Å². The van der Waals surface area contributed by atoms with Crippen LogP contribution < -0.4 is 16.0 Å². The van der Waals surface area contributed by atoms with Gasteiger partial charge in [0.2, 0.25) is 5.91 Å². The number of rotatable bonds is 18. The molecule has 0 radical (unpaired) electrons. The average molecular weight is 808 g/mol. The third kappa shape index (κ3) is 9.61. The van der Waals surface area contributed by atoms with Gasteiger partial charge in [-0.1, -0.05) is 42.5 Å². The van der Waals surface area contributed by atoms with Gasteiger partial charge in [0.05, 0.1) is 17.2 Å². The maximum atomic E-state index is 14.0. The zero-order valence-corrected chi connectivity index (χ0v) is 33.7. The van der Waals surface area contributed by atoms with Crippen LogP contribution in [-0.2, 0) is 19.1 Å². The van der Waals surface area contributed by atoms with E-state index in [0.29, 0.717) is 65.3 Å². The monoisotopic (exact) mass is 807 g/mol. The van der Waals surface area contributed by atoms with Crippen molar-refractivity contribution in [3.8, 4) is 11.1 Å². The summed E-state index contributed by atoms with van der Waals surface area (Å²) >= 11 is 0. The minimum Gasteiger partial charge on any atom is -0.448 e. The maximum Gasteiger partial charge on any atom is 0.409 e. The number of aromatic amines is 1. The molecule has 0 bridgehead atoms. The minimum atomic E-state index is -0.537. The topological polar surface area (TPSA) is 179 Å². The number of fused-ring (bicyclic) bond motifs is 4. The third-order valence-electron chi connectivity index (χ3n) is 10.8. The molecule has 1 aliphatic heterocycles. The second-order valence-electron chi connectivity index (χ2n) is 14.7. The number of aryl methyl sites for hydroxylation is 1. The largest absolute Gasteiger partial charge is 0.448 e. The minimum absolute atomic E-state index is 0.0170. The highest BCUT2D eigenvalue weighted by atomic mass is 19.1. The molecular formula is C45H50FN5O8.